The maximum atomic E-state index is 11.8. The molecular weight excluding hydrogens is 262 g/mol. The highest BCUT2D eigenvalue weighted by Crippen LogP contribution is 2.15. The van der Waals surface area contributed by atoms with Gasteiger partial charge in [0.25, 0.3) is 0 Å². The zero-order valence-electron chi connectivity index (χ0n) is 11.3. The maximum absolute atomic E-state index is 11.8. The van der Waals surface area contributed by atoms with Gasteiger partial charge in [-0.15, -0.1) is 0 Å². The minimum absolute atomic E-state index is 0.174. The summed E-state index contributed by atoms with van der Waals surface area (Å²) >= 11 is 0. The average molecular weight is 281 g/mol. The van der Waals surface area contributed by atoms with Crippen molar-refractivity contribution < 1.29 is 13.5 Å². The van der Waals surface area contributed by atoms with E-state index in [4.69, 9.17) is 5.11 Å². The second kappa shape index (κ2) is 6.71. The molecule has 0 aromatic heterocycles. The van der Waals surface area contributed by atoms with Crippen LogP contribution in [0.1, 0.15) is 37.9 Å². The Labute approximate surface area is 114 Å². The van der Waals surface area contributed by atoms with Crippen molar-refractivity contribution in [2.75, 3.05) is 6.61 Å². The van der Waals surface area contributed by atoms with Crippen LogP contribution in [0.15, 0.2) is 24.3 Å². The third-order valence-electron chi connectivity index (χ3n) is 2.68. The number of nitrogens with one attached hydrogen (secondary N) is 1. The Bertz CT molecular complexity index is 565. The van der Waals surface area contributed by atoms with Gasteiger partial charge in [0.05, 0.1) is 5.25 Å². The first-order chi connectivity index (χ1) is 8.86. The summed E-state index contributed by atoms with van der Waals surface area (Å²) in [6, 6.07) is 6.98. The van der Waals surface area contributed by atoms with Crippen LogP contribution in [0.4, 0.5) is 0 Å². The summed E-state index contributed by atoms with van der Waals surface area (Å²) in [5, 5.41) is 8.15. The van der Waals surface area contributed by atoms with Crippen molar-refractivity contribution in [1.29, 1.82) is 0 Å². The van der Waals surface area contributed by atoms with Gasteiger partial charge in [-0.2, -0.15) is 0 Å². The lowest BCUT2D eigenvalue weighted by atomic mass is 10.1. The van der Waals surface area contributed by atoms with Gasteiger partial charge in [0.15, 0.2) is 0 Å². The molecule has 1 aromatic carbocycles. The summed E-state index contributed by atoms with van der Waals surface area (Å²) in [7, 11) is -3.28. The van der Waals surface area contributed by atoms with Gasteiger partial charge in [0, 0.05) is 11.6 Å². The number of rotatable bonds is 4. The Kier molecular flexibility index (Phi) is 5.55. The third kappa shape index (κ3) is 4.67. The molecule has 0 radical (unpaired) electrons. The van der Waals surface area contributed by atoms with E-state index in [1.54, 1.807) is 32.9 Å². The van der Waals surface area contributed by atoms with Gasteiger partial charge < -0.3 is 5.11 Å². The number of sulfonamides is 1. The second-order valence-electron chi connectivity index (χ2n) is 4.52. The van der Waals surface area contributed by atoms with Crippen LogP contribution >= 0.6 is 0 Å². The van der Waals surface area contributed by atoms with E-state index in [1.165, 1.54) is 0 Å². The lowest BCUT2D eigenvalue weighted by molar-refractivity contribution is 0.350. The molecule has 104 valence electrons. The summed E-state index contributed by atoms with van der Waals surface area (Å²) in [6.45, 7) is 4.91. The number of hydrogen-bond donors (Lipinski definition) is 2. The van der Waals surface area contributed by atoms with Crippen LogP contribution in [-0.4, -0.2) is 25.4 Å². The van der Waals surface area contributed by atoms with Gasteiger partial charge in [-0.25, -0.2) is 13.1 Å². The predicted molar refractivity (Wildman–Crippen MR) is 76.0 cm³/mol. The standard InChI is InChI=1S/C14H19NO3S/c1-11(2)19(17,18)15-12(3)14-8-6-13(7-9-14)5-4-10-16/h6-9,11-12,15-16H,10H2,1-3H3. The van der Waals surface area contributed by atoms with E-state index >= 15 is 0 Å². The first-order valence-electron chi connectivity index (χ1n) is 6.07. The smallest absolute Gasteiger partial charge is 0.214 e. The molecule has 1 unspecified atom stereocenters. The van der Waals surface area contributed by atoms with E-state index in [0.717, 1.165) is 11.1 Å². The van der Waals surface area contributed by atoms with Crippen molar-refractivity contribution in [2.24, 2.45) is 0 Å². The van der Waals surface area contributed by atoms with E-state index in [1.807, 2.05) is 12.1 Å². The molecule has 0 aliphatic heterocycles. The molecule has 4 nitrogen and oxygen atoms in total. The summed E-state index contributed by atoms with van der Waals surface area (Å²) in [4.78, 5) is 0. The molecule has 2 N–H and O–H groups in total. The van der Waals surface area contributed by atoms with E-state index < -0.39 is 15.3 Å². The number of benzene rings is 1. The lowest BCUT2D eigenvalue weighted by Gasteiger charge is -2.16. The minimum Gasteiger partial charge on any atom is -0.384 e. The van der Waals surface area contributed by atoms with E-state index in [-0.39, 0.29) is 12.6 Å². The molecule has 0 fully saturated rings. The monoisotopic (exact) mass is 281 g/mol. The highest BCUT2D eigenvalue weighted by molar-refractivity contribution is 7.90. The quantitative estimate of drug-likeness (QED) is 0.820. The number of aliphatic hydroxyl groups excluding tert-OH is 1. The highest BCUT2D eigenvalue weighted by atomic mass is 32.2. The molecule has 0 aliphatic carbocycles. The minimum atomic E-state index is -3.28. The van der Waals surface area contributed by atoms with Gasteiger partial charge in [-0.1, -0.05) is 24.0 Å². The van der Waals surface area contributed by atoms with E-state index in [2.05, 4.69) is 16.6 Å². The Morgan fingerprint density at radius 1 is 1.21 bits per heavy atom. The largest absolute Gasteiger partial charge is 0.384 e. The number of aliphatic hydroxyl groups is 1. The molecule has 19 heavy (non-hydrogen) atoms. The molecule has 1 aromatic rings. The van der Waals surface area contributed by atoms with Crippen molar-refractivity contribution in [1.82, 2.24) is 4.72 Å². The molecular formula is C14H19NO3S. The van der Waals surface area contributed by atoms with Gasteiger partial charge >= 0.3 is 0 Å². The topological polar surface area (TPSA) is 66.4 Å². The normalized spacial score (nSPS) is 12.9. The van der Waals surface area contributed by atoms with Crippen LogP contribution in [0.25, 0.3) is 0 Å². The molecule has 0 saturated heterocycles. The van der Waals surface area contributed by atoms with Gasteiger partial charge in [-0.3, -0.25) is 0 Å². The molecule has 0 bridgehead atoms. The summed E-state index contributed by atoms with van der Waals surface area (Å²) in [6.07, 6.45) is 0. The van der Waals surface area contributed by atoms with Crippen LogP contribution in [0.5, 0.6) is 0 Å². The Hall–Kier alpha value is -1.35. The van der Waals surface area contributed by atoms with Crippen LogP contribution in [-0.2, 0) is 10.0 Å². The first-order valence-corrected chi connectivity index (χ1v) is 7.62. The van der Waals surface area contributed by atoms with Crippen molar-refractivity contribution in [3.63, 3.8) is 0 Å². The van der Waals surface area contributed by atoms with Crippen molar-refractivity contribution in [3.8, 4) is 11.8 Å². The molecule has 0 saturated carbocycles. The third-order valence-corrected chi connectivity index (χ3v) is 4.61. The van der Waals surface area contributed by atoms with E-state index in [9.17, 15) is 8.42 Å². The highest BCUT2D eigenvalue weighted by Gasteiger charge is 2.19. The first kappa shape index (κ1) is 15.7. The van der Waals surface area contributed by atoms with Crippen molar-refractivity contribution in [2.45, 2.75) is 32.1 Å². The fraction of sp³-hybridized carbons (Fsp3) is 0.429. The molecule has 0 aliphatic rings. The predicted octanol–water partition coefficient (Wildman–Crippen LogP) is 1.42. The molecule has 0 amide bonds. The van der Waals surface area contributed by atoms with Gasteiger partial charge in [0.1, 0.15) is 6.61 Å². The SMILES string of the molecule is CC(NS(=O)(=O)C(C)C)c1ccc(C#CCO)cc1. The Morgan fingerprint density at radius 3 is 2.26 bits per heavy atom. The van der Waals surface area contributed by atoms with Crippen molar-refractivity contribution >= 4 is 10.0 Å². The zero-order chi connectivity index (χ0) is 14.5. The summed E-state index contributed by atoms with van der Waals surface area (Å²) in [5.74, 6) is 5.35. The molecule has 0 spiro atoms. The lowest BCUT2D eigenvalue weighted by Crippen LogP contribution is -2.32. The van der Waals surface area contributed by atoms with Gasteiger partial charge in [0.2, 0.25) is 10.0 Å². The molecule has 0 heterocycles. The van der Waals surface area contributed by atoms with Gasteiger partial charge in [-0.05, 0) is 38.5 Å². The van der Waals surface area contributed by atoms with Crippen LogP contribution in [0, 0.1) is 11.8 Å². The van der Waals surface area contributed by atoms with E-state index in [0.29, 0.717) is 0 Å². The van der Waals surface area contributed by atoms with Crippen LogP contribution in [0.2, 0.25) is 0 Å². The Morgan fingerprint density at radius 2 is 1.79 bits per heavy atom. The molecule has 1 rings (SSSR count). The molecule has 1 atom stereocenters. The average Bonchev–Trinajstić information content (AvgIpc) is 2.36. The fourth-order valence-electron chi connectivity index (χ4n) is 1.45. The van der Waals surface area contributed by atoms with Crippen LogP contribution in [0.3, 0.4) is 0 Å². The molecule has 5 heteroatoms. The zero-order valence-corrected chi connectivity index (χ0v) is 12.2. The number of hydrogen-bond acceptors (Lipinski definition) is 3. The van der Waals surface area contributed by atoms with Crippen LogP contribution < -0.4 is 4.72 Å². The fourth-order valence-corrected chi connectivity index (χ4v) is 2.35. The second-order valence-corrected chi connectivity index (χ2v) is 6.78. The van der Waals surface area contributed by atoms with Crippen molar-refractivity contribution in [3.05, 3.63) is 35.4 Å². The Balaban J connectivity index is 2.81. The summed E-state index contributed by atoms with van der Waals surface area (Å²) < 4.78 is 26.2. The maximum Gasteiger partial charge on any atom is 0.214 e. The summed E-state index contributed by atoms with van der Waals surface area (Å²) in [5.41, 5.74) is 1.66.